The topological polar surface area (TPSA) is 245 Å². The summed E-state index contributed by atoms with van der Waals surface area (Å²) in [4.78, 5) is 13.6. The molecule has 3 heterocycles. The molecular formula is C27H32O15. The van der Waals surface area contributed by atoms with Crippen LogP contribution in [-0.4, -0.2) is 126 Å². The van der Waals surface area contributed by atoms with Gasteiger partial charge in [-0.15, -0.1) is 0 Å². The highest BCUT2D eigenvalue weighted by molar-refractivity contribution is 6.05. The average molecular weight is 597 g/mol. The number of Topliss-reactive ketones (excluding diaryl/α,β-unsaturated/α-hetero) is 1. The maximum absolute atomic E-state index is 13.6. The zero-order valence-corrected chi connectivity index (χ0v) is 22.1. The lowest BCUT2D eigenvalue weighted by Crippen LogP contribution is -2.64. The van der Waals surface area contributed by atoms with E-state index in [1.54, 1.807) is 0 Å². The summed E-state index contributed by atoms with van der Waals surface area (Å²) in [6, 6.07) is 7.67. The van der Waals surface area contributed by atoms with Crippen molar-refractivity contribution in [2.75, 3.05) is 6.61 Å². The molecule has 2 aromatic carbocycles. The molecule has 5 rings (SSSR count). The molecular weight excluding hydrogens is 564 g/mol. The van der Waals surface area contributed by atoms with Crippen molar-refractivity contribution in [1.82, 2.24) is 0 Å². The molecule has 9 N–H and O–H groups in total. The Morgan fingerprint density at radius 1 is 0.786 bits per heavy atom. The first kappa shape index (κ1) is 30.4. The van der Waals surface area contributed by atoms with E-state index in [1.165, 1.54) is 31.2 Å². The van der Waals surface area contributed by atoms with Crippen molar-refractivity contribution in [1.29, 1.82) is 0 Å². The molecule has 2 saturated heterocycles. The maximum atomic E-state index is 13.6. The second-order valence-electron chi connectivity index (χ2n) is 10.4. The minimum Gasteiger partial charge on any atom is -0.508 e. The molecule has 3 aliphatic heterocycles. The first-order valence-corrected chi connectivity index (χ1v) is 13.1. The lowest BCUT2D eigenvalue weighted by Gasteiger charge is -2.46. The van der Waals surface area contributed by atoms with Crippen LogP contribution in [0.3, 0.4) is 0 Å². The van der Waals surface area contributed by atoms with Crippen molar-refractivity contribution >= 4 is 5.78 Å². The number of rotatable bonds is 6. The third kappa shape index (κ3) is 5.51. The van der Waals surface area contributed by atoms with Gasteiger partial charge in [0.05, 0.1) is 12.7 Å². The Hall–Kier alpha value is -3.09. The van der Waals surface area contributed by atoms with Crippen molar-refractivity contribution in [3.8, 4) is 23.0 Å². The standard InChI is InChI=1S/C27H32O15/c1-9-23(41-27-21(36)19(34)17(32)15(8-28)40-27)20(35)22(37)26(38-9)42-25-18(33)16-13(31)6-12(30)7-14(16)39-24(25)10-2-4-11(29)5-3-10/h2-7,9,15,17,19-32,34-37H,8H2,1H3/t9-,15+,17+,19-,20-,21+,22+,23-,24?,25?,26-,27-/m0/s1. The van der Waals surface area contributed by atoms with Crippen LogP contribution in [0, 0.1) is 0 Å². The highest BCUT2D eigenvalue weighted by Gasteiger charge is 2.52. The van der Waals surface area contributed by atoms with Gasteiger partial charge in [0.25, 0.3) is 0 Å². The fourth-order valence-electron chi connectivity index (χ4n) is 5.23. The van der Waals surface area contributed by atoms with Crippen LogP contribution < -0.4 is 4.74 Å². The van der Waals surface area contributed by atoms with E-state index in [9.17, 15) is 50.8 Å². The molecule has 12 atom stereocenters. The molecule has 0 aliphatic carbocycles. The van der Waals surface area contributed by atoms with E-state index in [4.69, 9.17) is 23.7 Å². The highest BCUT2D eigenvalue weighted by Crippen LogP contribution is 2.44. The molecule has 0 spiro atoms. The minimum absolute atomic E-state index is 0.0672. The lowest BCUT2D eigenvalue weighted by molar-refractivity contribution is -0.358. The summed E-state index contributed by atoms with van der Waals surface area (Å²) in [5, 5.41) is 91.6. The Kier molecular flexibility index (Phi) is 8.60. The van der Waals surface area contributed by atoms with Crippen molar-refractivity contribution in [3.05, 3.63) is 47.5 Å². The Morgan fingerprint density at radius 2 is 1.43 bits per heavy atom. The van der Waals surface area contributed by atoms with Gasteiger partial charge in [-0.25, -0.2) is 0 Å². The second-order valence-corrected chi connectivity index (χ2v) is 10.4. The quantitative estimate of drug-likeness (QED) is 0.178. The van der Waals surface area contributed by atoms with Crippen molar-refractivity contribution < 1.29 is 74.4 Å². The molecule has 2 aromatic rings. The van der Waals surface area contributed by atoms with Crippen molar-refractivity contribution in [2.45, 2.75) is 80.5 Å². The number of fused-ring (bicyclic) bond motifs is 1. The maximum Gasteiger partial charge on any atom is 0.203 e. The summed E-state index contributed by atoms with van der Waals surface area (Å²) in [7, 11) is 0. The van der Waals surface area contributed by atoms with Gasteiger partial charge in [-0.05, 0) is 24.6 Å². The monoisotopic (exact) mass is 596 g/mol. The number of hydrogen-bond donors (Lipinski definition) is 9. The van der Waals surface area contributed by atoms with Crippen LogP contribution in [0.5, 0.6) is 23.0 Å². The minimum atomic E-state index is -1.85. The molecule has 230 valence electrons. The van der Waals surface area contributed by atoms with Crippen LogP contribution in [0.15, 0.2) is 36.4 Å². The van der Waals surface area contributed by atoms with Crippen LogP contribution in [0.4, 0.5) is 0 Å². The number of phenols is 3. The zero-order chi connectivity index (χ0) is 30.5. The largest absolute Gasteiger partial charge is 0.508 e. The third-order valence-electron chi connectivity index (χ3n) is 7.52. The van der Waals surface area contributed by atoms with Gasteiger partial charge in [-0.3, -0.25) is 4.79 Å². The van der Waals surface area contributed by atoms with Crippen LogP contribution in [-0.2, 0) is 18.9 Å². The number of benzene rings is 2. The van der Waals surface area contributed by atoms with E-state index in [0.29, 0.717) is 5.56 Å². The van der Waals surface area contributed by atoms with Gasteiger partial charge in [-0.1, -0.05) is 12.1 Å². The van der Waals surface area contributed by atoms with E-state index >= 15 is 0 Å². The number of aliphatic hydroxyl groups excluding tert-OH is 6. The average Bonchev–Trinajstić information content (AvgIpc) is 2.95. The summed E-state index contributed by atoms with van der Waals surface area (Å²) in [5.41, 5.74) is 0.0536. The van der Waals surface area contributed by atoms with Gasteiger partial charge in [0.1, 0.15) is 71.3 Å². The van der Waals surface area contributed by atoms with Gasteiger partial charge in [0.15, 0.2) is 24.8 Å². The predicted molar refractivity (Wildman–Crippen MR) is 135 cm³/mol. The molecule has 0 aromatic heterocycles. The summed E-state index contributed by atoms with van der Waals surface area (Å²) < 4.78 is 28.5. The molecule has 0 saturated carbocycles. The van der Waals surface area contributed by atoms with Gasteiger partial charge in [-0.2, -0.15) is 0 Å². The number of hydrogen-bond acceptors (Lipinski definition) is 15. The predicted octanol–water partition coefficient (Wildman–Crippen LogP) is -1.84. The number of aliphatic hydroxyl groups is 6. The SMILES string of the molecule is C[C@@H]1O[C@@H](OC2C(=O)c3c(O)cc(O)cc3OC2c2ccc(O)cc2)[C@H](O)[C@H](O)[C@H]1O[C@@H]1O[C@H](CO)[C@@H](O)[C@H](O)[C@H]1O. The highest BCUT2D eigenvalue weighted by atomic mass is 16.7. The zero-order valence-electron chi connectivity index (χ0n) is 22.1. The van der Waals surface area contributed by atoms with Crippen LogP contribution in [0.25, 0.3) is 0 Å². The van der Waals surface area contributed by atoms with Crippen LogP contribution in [0.1, 0.15) is 28.9 Å². The third-order valence-corrected chi connectivity index (χ3v) is 7.52. The first-order valence-electron chi connectivity index (χ1n) is 13.1. The molecule has 15 nitrogen and oxygen atoms in total. The van der Waals surface area contributed by atoms with Crippen LogP contribution in [0.2, 0.25) is 0 Å². The molecule has 3 aliphatic rings. The number of carbonyl (C=O) groups excluding carboxylic acids is 1. The Labute approximate surface area is 238 Å². The number of ether oxygens (including phenoxy) is 5. The Morgan fingerprint density at radius 3 is 2.10 bits per heavy atom. The van der Waals surface area contributed by atoms with E-state index in [0.717, 1.165) is 12.1 Å². The number of carbonyl (C=O) groups is 1. The fraction of sp³-hybridized carbons (Fsp3) is 0.519. The van der Waals surface area contributed by atoms with Crippen molar-refractivity contribution in [3.63, 3.8) is 0 Å². The molecule has 0 bridgehead atoms. The fourth-order valence-corrected chi connectivity index (χ4v) is 5.23. The van der Waals surface area contributed by atoms with E-state index in [2.05, 4.69) is 0 Å². The van der Waals surface area contributed by atoms with Gasteiger partial charge in [0, 0.05) is 12.1 Å². The normalized spacial score (nSPS) is 38.5. The summed E-state index contributed by atoms with van der Waals surface area (Å²) in [6.07, 6.45) is -18.5. The molecule has 0 amide bonds. The Bertz CT molecular complexity index is 1270. The molecule has 42 heavy (non-hydrogen) atoms. The molecule has 15 heteroatoms. The van der Waals surface area contributed by atoms with E-state index in [-0.39, 0.29) is 22.8 Å². The molecule has 2 fully saturated rings. The smallest absolute Gasteiger partial charge is 0.203 e. The summed E-state index contributed by atoms with van der Waals surface area (Å²) >= 11 is 0. The first-order chi connectivity index (χ1) is 19.9. The molecule has 0 radical (unpaired) electrons. The second kappa shape index (κ2) is 11.9. The van der Waals surface area contributed by atoms with E-state index < -0.39 is 91.8 Å². The Balaban J connectivity index is 1.37. The van der Waals surface area contributed by atoms with Gasteiger partial charge in [0.2, 0.25) is 5.78 Å². The molecule has 2 unspecified atom stereocenters. The number of aromatic hydroxyl groups is 3. The number of ketones is 1. The summed E-state index contributed by atoms with van der Waals surface area (Å²) in [5.74, 6) is -1.94. The van der Waals surface area contributed by atoms with E-state index in [1.807, 2.05) is 0 Å². The summed E-state index contributed by atoms with van der Waals surface area (Å²) in [6.45, 7) is 0.724. The van der Waals surface area contributed by atoms with Gasteiger partial charge < -0.3 is 69.6 Å². The van der Waals surface area contributed by atoms with Crippen LogP contribution >= 0.6 is 0 Å². The lowest BCUT2D eigenvalue weighted by atomic mass is 9.92. The number of phenolic OH excluding ortho intramolecular Hbond substituents is 3. The van der Waals surface area contributed by atoms with Crippen molar-refractivity contribution in [2.24, 2.45) is 0 Å². The van der Waals surface area contributed by atoms with Gasteiger partial charge >= 0.3 is 0 Å².